The van der Waals surface area contributed by atoms with Crippen LogP contribution >= 0.6 is 11.3 Å². The third-order valence-electron chi connectivity index (χ3n) is 6.50. The van der Waals surface area contributed by atoms with Gasteiger partial charge in [0.05, 0.1) is 26.4 Å². The number of anilines is 1. The van der Waals surface area contributed by atoms with Crippen LogP contribution in [0.5, 0.6) is 0 Å². The summed E-state index contributed by atoms with van der Waals surface area (Å²) in [5.74, 6) is 1.63. The van der Waals surface area contributed by atoms with Gasteiger partial charge in [0.15, 0.2) is 5.13 Å². The molecule has 4 aliphatic rings. The van der Waals surface area contributed by atoms with Crippen molar-refractivity contribution in [1.82, 2.24) is 9.88 Å². The van der Waals surface area contributed by atoms with Crippen LogP contribution in [-0.4, -0.2) is 68.4 Å². The van der Waals surface area contributed by atoms with Crippen LogP contribution in [-0.2, 0) is 14.3 Å². The molecule has 1 aromatic rings. The minimum absolute atomic E-state index is 0.154. The first kappa shape index (κ1) is 16.0. The minimum atomic E-state index is 0.154. The van der Waals surface area contributed by atoms with Gasteiger partial charge < -0.3 is 19.3 Å². The van der Waals surface area contributed by atoms with Crippen molar-refractivity contribution in [3.63, 3.8) is 0 Å². The molecular formula is C18H25N3O3S. The molecule has 25 heavy (non-hydrogen) atoms. The van der Waals surface area contributed by atoms with Crippen molar-refractivity contribution in [3.05, 3.63) is 11.6 Å². The number of amides is 1. The van der Waals surface area contributed by atoms with E-state index in [0.29, 0.717) is 17.7 Å². The molecule has 1 aliphatic carbocycles. The van der Waals surface area contributed by atoms with Crippen molar-refractivity contribution in [3.8, 4) is 0 Å². The molecule has 0 N–H and O–H groups in total. The number of nitrogens with zero attached hydrogens (tertiary/aromatic N) is 3. The summed E-state index contributed by atoms with van der Waals surface area (Å²) in [6.07, 6.45) is 3.92. The molecule has 1 saturated carbocycles. The number of hydrogen-bond donors (Lipinski definition) is 0. The smallest absolute Gasteiger partial charge is 0.226 e. The second-order valence-corrected chi connectivity index (χ2v) is 8.88. The van der Waals surface area contributed by atoms with Gasteiger partial charge >= 0.3 is 0 Å². The molecule has 0 radical (unpaired) electrons. The number of ether oxygens (including phenoxy) is 2. The molecule has 4 fully saturated rings. The Hall–Kier alpha value is -1.18. The van der Waals surface area contributed by atoms with Gasteiger partial charge in [-0.2, -0.15) is 0 Å². The van der Waals surface area contributed by atoms with Gasteiger partial charge in [0.2, 0.25) is 5.91 Å². The molecule has 6 nitrogen and oxygen atoms in total. The summed E-state index contributed by atoms with van der Waals surface area (Å²) in [5, 5.41) is 3.12. The molecule has 3 saturated heterocycles. The van der Waals surface area contributed by atoms with Gasteiger partial charge in [0.25, 0.3) is 0 Å². The Kier molecular flexibility index (Phi) is 3.98. The fourth-order valence-electron chi connectivity index (χ4n) is 4.85. The number of aromatic nitrogens is 1. The van der Waals surface area contributed by atoms with Crippen LogP contribution in [0.2, 0.25) is 0 Å². The lowest BCUT2D eigenvalue weighted by Gasteiger charge is -2.42. The SMILES string of the molecule is O=C(C1[C@H]2COC[C@@H]12)N1CCC2(CC1)COCCN(c1nccs1)C2. The quantitative estimate of drug-likeness (QED) is 0.797. The first-order valence-electron chi connectivity index (χ1n) is 9.35. The molecule has 0 bridgehead atoms. The molecule has 1 amide bonds. The number of hydrogen-bond acceptors (Lipinski definition) is 6. The lowest BCUT2D eigenvalue weighted by Crippen LogP contribution is -2.49. The van der Waals surface area contributed by atoms with Gasteiger partial charge in [0.1, 0.15) is 0 Å². The molecule has 3 aliphatic heterocycles. The van der Waals surface area contributed by atoms with E-state index in [2.05, 4.69) is 14.8 Å². The van der Waals surface area contributed by atoms with Crippen LogP contribution in [0, 0.1) is 23.2 Å². The summed E-state index contributed by atoms with van der Waals surface area (Å²) >= 11 is 1.70. The van der Waals surface area contributed by atoms with E-state index in [-0.39, 0.29) is 11.3 Å². The summed E-state index contributed by atoms with van der Waals surface area (Å²) in [4.78, 5) is 21.7. The third-order valence-corrected chi connectivity index (χ3v) is 7.34. The maximum atomic E-state index is 12.8. The third kappa shape index (κ3) is 2.86. The number of piperidine rings is 1. The van der Waals surface area contributed by atoms with Crippen LogP contribution in [0.25, 0.3) is 0 Å². The molecule has 136 valence electrons. The average Bonchev–Trinajstić information content (AvgIpc) is 2.99. The van der Waals surface area contributed by atoms with E-state index < -0.39 is 0 Å². The van der Waals surface area contributed by atoms with Gasteiger partial charge in [-0.05, 0) is 24.7 Å². The lowest BCUT2D eigenvalue weighted by molar-refractivity contribution is -0.136. The molecule has 1 unspecified atom stereocenters. The van der Waals surface area contributed by atoms with Crippen molar-refractivity contribution in [2.45, 2.75) is 12.8 Å². The van der Waals surface area contributed by atoms with Gasteiger partial charge in [0, 0.05) is 49.1 Å². The van der Waals surface area contributed by atoms with Gasteiger partial charge in [-0.25, -0.2) is 4.98 Å². The highest BCUT2D eigenvalue weighted by atomic mass is 32.1. The molecule has 3 atom stereocenters. The lowest BCUT2D eigenvalue weighted by atomic mass is 9.78. The monoisotopic (exact) mass is 363 g/mol. The predicted octanol–water partition coefficient (Wildman–Crippen LogP) is 1.48. The molecule has 4 heterocycles. The zero-order chi connectivity index (χ0) is 16.9. The Morgan fingerprint density at radius 2 is 2.00 bits per heavy atom. The largest absolute Gasteiger partial charge is 0.381 e. The summed E-state index contributed by atoms with van der Waals surface area (Å²) in [7, 11) is 0. The fourth-order valence-corrected chi connectivity index (χ4v) is 5.52. The first-order valence-corrected chi connectivity index (χ1v) is 10.2. The summed E-state index contributed by atoms with van der Waals surface area (Å²) in [6.45, 7) is 6.77. The van der Waals surface area contributed by atoms with E-state index in [0.717, 1.165) is 70.6 Å². The maximum absolute atomic E-state index is 12.8. The maximum Gasteiger partial charge on any atom is 0.226 e. The molecular weight excluding hydrogens is 338 g/mol. The van der Waals surface area contributed by atoms with Crippen LogP contribution in [0.3, 0.4) is 0 Å². The topological polar surface area (TPSA) is 54.9 Å². The summed E-state index contributed by atoms with van der Waals surface area (Å²) < 4.78 is 11.4. The number of likely N-dealkylation sites (tertiary alicyclic amines) is 1. The van der Waals surface area contributed by atoms with Gasteiger partial charge in [-0.3, -0.25) is 4.79 Å². The second kappa shape index (κ2) is 6.21. The number of carbonyl (C=O) groups excluding carboxylic acids is 1. The van der Waals surface area contributed by atoms with Gasteiger partial charge in [-0.15, -0.1) is 11.3 Å². The Balaban J connectivity index is 1.23. The minimum Gasteiger partial charge on any atom is -0.381 e. The van der Waals surface area contributed by atoms with Crippen molar-refractivity contribution in [2.24, 2.45) is 23.2 Å². The van der Waals surface area contributed by atoms with E-state index in [1.54, 1.807) is 11.3 Å². The van der Waals surface area contributed by atoms with Crippen molar-refractivity contribution < 1.29 is 14.3 Å². The molecule has 0 aromatic carbocycles. The highest BCUT2D eigenvalue weighted by Crippen LogP contribution is 2.52. The predicted molar refractivity (Wildman–Crippen MR) is 94.7 cm³/mol. The van der Waals surface area contributed by atoms with E-state index >= 15 is 0 Å². The molecule has 7 heteroatoms. The van der Waals surface area contributed by atoms with E-state index in [1.165, 1.54) is 0 Å². The number of rotatable bonds is 2. The van der Waals surface area contributed by atoms with Crippen LogP contribution in [0.1, 0.15) is 12.8 Å². The zero-order valence-corrected chi connectivity index (χ0v) is 15.2. The second-order valence-electron chi connectivity index (χ2n) is 8.01. The highest BCUT2D eigenvalue weighted by Gasteiger charge is 2.59. The first-order chi connectivity index (χ1) is 12.3. The molecule has 5 rings (SSSR count). The van der Waals surface area contributed by atoms with Crippen LogP contribution in [0.15, 0.2) is 11.6 Å². The normalized spacial score (nSPS) is 34.0. The van der Waals surface area contributed by atoms with Crippen LogP contribution in [0.4, 0.5) is 5.13 Å². The molecule has 1 spiro atoms. The standard InChI is InChI=1S/C18H25N3O3S/c22-16(15-13-9-24-10-14(13)15)20-4-1-18(2-5-20)11-21(6-7-23-12-18)17-19-3-8-25-17/h3,8,13-15H,1-2,4-7,9-12H2/t13-,14+,15?. The fraction of sp³-hybridized carbons (Fsp3) is 0.778. The summed E-state index contributed by atoms with van der Waals surface area (Å²) in [5.41, 5.74) is 0.154. The van der Waals surface area contributed by atoms with E-state index in [9.17, 15) is 4.79 Å². The Morgan fingerprint density at radius 1 is 1.20 bits per heavy atom. The Morgan fingerprint density at radius 3 is 2.72 bits per heavy atom. The van der Waals surface area contributed by atoms with Crippen LogP contribution < -0.4 is 4.90 Å². The van der Waals surface area contributed by atoms with Gasteiger partial charge in [-0.1, -0.05) is 0 Å². The number of carbonyl (C=O) groups is 1. The van der Waals surface area contributed by atoms with E-state index in [4.69, 9.17) is 9.47 Å². The zero-order valence-electron chi connectivity index (χ0n) is 14.4. The van der Waals surface area contributed by atoms with Crippen molar-refractivity contribution in [2.75, 3.05) is 57.5 Å². The Bertz CT molecular complexity index is 620. The molecule has 1 aromatic heterocycles. The number of thiazole rings is 1. The average molecular weight is 363 g/mol. The van der Waals surface area contributed by atoms with Crippen molar-refractivity contribution >= 4 is 22.4 Å². The summed E-state index contributed by atoms with van der Waals surface area (Å²) in [6, 6.07) is 0. The van der Waals surface area contributed by atoms with Crippen molar-refractivity contribution in [1.29, 1.82) is 0 Å². The number of fused-ring (bicyclic) bond motifs is 1. The Labute approximate surface area is 152 Å². The highest BCUT2D eigenvalue weighted by molar-refractivity contribution is 7.13. The van der Waals surface area contributed by atoms with E-state index in [1.807, 2.05) is 11.6 Å².